The number of aromatic carboxylic acids is 1. The summed E-state index contributed by atoms with van der Waals surface area (Å²) in [5.41, 5.74) is 3.38. The molecule has 1 N–H and O–H groups in total. The first kappa shape index (κ1) is 12.0. The Morgan fingerprint density at radius 3 is 2.79 bits per heavy atom. The van der Waals surface area contributed by atoms with E-state index in [2.05, 4.69) is 18.1 Å². The van der Waals surface area contributed by atoms with Crippen LogP contribution in [0.3, 0.4) is 0 Å². The summed E-state index contributed by atoms with van der Waals surface area (Å²) >= 11 is 0. The molecule has 1 aromatic carbocycles. The molecule has 98 valence electrons. The monoisotopic (exact) mass is 256 g/mol. The molecule has 1 heterocycles. The van der Waals surface area contributed by atoms with Crippen LogP contribution in [0.4, 0.5) is 0 Å². The molecule has 0 amide bonds. The van der Waals surface area contributed by atoms with Crippen LogP contribution in [0.1, 0.15) is 47.3 Å². The van der Waals surface area contributed by atoms with Crippen molar-refractivity contribution < 1.29 is 9.90 Å². The molecule has 1 saturated carbocycles. The summed E-state index contributed by atoms with van der Waals surface area (Å²) in [6.45, 7) is 2.09. The number of carboxylic acids is 1. The van der Waals surface area contributed by atoms with Crippen molar-refractivity contribution in [3.63, 3.8) is 0 Å². The molecule has 1 aliphatic rings. The number of nitrogens with zero attached hydrogens (tertiary/aromatic N) is 2. The lowest BCUT2D eigenvalue weighted by Crippen LogP contribution is -2.07. The molecule has 0 unspecified atom stereocenters. The Kier molecular flexibility index (Phi) is 2.85. The molecule has 19 heavy (non-hydrogen) atoms. The molecule has 0 saturated heterocycles. The van der Waals surface area contributed by atoms with E-state index in [1.54, 1.807) is 0 Å². The summed E-state index contributed by atoms with van der Waals surface area (Å²) in [6, 6.07) is 8.03. The van der Waals surface area contributed by atoms with Crippen LogP contribution < -0.4 is 0 Å². The fraction of sp³-hybridized carbons (Fsp3) is 0.333. The normalized spacial score (nSPS) is 14.6. The molecule has 2 aromatic rings. The van der Waals surface area contributed by atoms with Crippen LogP contribution >= 0.6 is 0 Å². The van der Waals surface area contributed by atoms with Gasteiger partial charge in [-0.3, -0.25) is 0 Å². The lowest BCUT2D eigenvalue weighted by atomic mass is 10.1. The fourth-order valence-electron chi connectivity index (χ4n) is 2.48. The molecule has 1 fully saturated rings. The first-order valence-corrected chi connectivity index (χ1v) is 6.62. The first-order chi connectivity index (χ1) is 9.22. The molecule has 0 bridgehead atoms. The van der Waals surface area contributed by atoms with Crippen LogP contribution in [0.25, 0.3) is 5.69 Å². The maximum atomic E-state index is 11.3. The van der Waals surface area contributed by atoms with Gasteiger partial charge in [0.1, 0.15) is 5.56 Å². The Balaban J connectivity index is 2.17. The van der Waals surface area contributed by atoms with Crippen molar-refractivity contribution in [2.75, 3.05) is 0 Å². The standard InChI is InChI=1S/C15H16N2O2/c1-2-10-5-3-4-6-13(10)17-14(11-7-8-11)12(9-16-17)15(18)19/h3-6,9,11H,2,7-8H2,1H3,(H,18,19). The topological polar surface area (TPSA) is 55.1 Å². The summed E-state index contributed by atoms with van der Waals surface area (Å²) in [7, 11) is 0. The molecule has 1 aromatic heterocycles. The van der Waals surface area contributed by atoms with E-state index in [4.69, 9.17) is 0 Å². The predicted molar refractivity (Wildman–Crippen MR) is 71.9 cm³/mol. The van der Waals surface area contributed by atoms with Gasteiger partial charge in [-0.15, -0.1) is 0 Å². The molecule has 0 spiro atoms. The van der Waals surface area contributed by atoms with Gasteiger partial charge in [0.15, 0.2) is 0 Å². The molecule has 0 radical (unpaired) electrons. The highest BCUT2D eigenvalue weighted by atomic mass is 16.4. The van der Waals surface area contributed by atoms with Gasteiger partial charge in [-0.25, -0.2) is 9.48 Å². The molecule has 0 atom stereocenters. The third-order valence-corrected chi connectivity index (χ3v) is 3.60. The molecule has 4 nitrogen and oxygen atoms in total. The van der Waals surface area contributed by atoms with E-state index in [-0.39, 0.29) is 0 Å². The van der Waals surface area contributed by atoms with Gasteiger partial charge in [0, 0.05) is 5.92 Å². The van der Waals surface area contributed by atoms with Gasteiger partial charge in [0.2, 0.25) is 0 Å². The SMILES string of the molecule is CCc1ccccc1-n1ncc(C(=O)O)c1C1CC1. The number of aromatic nitrogens is 2. The number of rotatable bonds is 4. The van der Waals surface area contributed by atoms with Gasteiger partial charge >= 0.3 is 5.97 Å². The quantitative estimate of drug-likeness (QED) is 0.914. The Morgan fingerprint density at radius 2 is 2.16 bits per heavy atom. The van der Waals surface area contributed by atoms with Crippen molar-refractivity contribution >= 4 is 5.97 Å². The minimum atomic E-state index is -0.887. The zero-order chi connectivity index (χ0) is 13.4. The Bertz CT molecular complexity index is 627. The number of carboxylic acid groups (broad SMARTS) is 1. The molecular weight excluding hydrogens is 240 g/mol. The number of hydrogen-bond donors (Lipinski definition) is 1. The predicted octanol–water partition coefficient (Wildman–Crippen LogP) is 3.01. The van der Waals surface area contributed by atoms with Crippen LogP contribution in [-0.2, 0) is 6.42 Å². The number of para-hydroxylation sites is 1. The second-order valence-electron chi connectivity index (χ2n) is 4.92. The highest BCUT2D eigenvalue weighted by molar-refractivity contribution is 5.89. The van der Waals surface area contributed by atoms with Gasteiger partial charge in [0.05, 0.1) is 17.6 Å². The smallest absolute Gasteiger partial charge is 0.339 e. The van der Waals surface area contributed by atoms with Crippen LogP contribution in [0.15, 0.2) is 30.5 Å². The maximum Gasteiger partial charge on any atom is 0.339 e. The van der Waals surface area contributed by atoms with Gasteiger partial charge < -0.3 is 5.11 Å². The van der Waals surface area contributed by atoms with Gasteiger partial charge in [-0.2, -0.15) is 5.10 Å². The average molecular weight is 256 g/mol. The van der Waals surface area contributed by atoms with Crippen molar-refractivity contribution in [2.24, 2.45) is 0 Å². The number of carbonyl (C=O) groups is 1. The van der Waals surface area contributed by atoms with Gasteiger partial charge in [-0.05, 0) is 30.9 Å². The Hall–Kier alpha value is -2.10. The minimum Gasteiger partial charge on any atom is -0.478 e. The van der Waals surface area contributed by atoms with Crippen LogP contribution in [0.5, 0.6) is 0 Å². The number of aryl methyl sites for hydroxylation is 1. The third kappa shape index (κ3) is 2.03. The van der Waals surface area contributed by atoms with E-state index in [9.17, 15) is 9.90 Å². The van der Waals surface area contributed by atoms with Crippen LogP contribution in [0, 0.1) is 0 Å². The average Bonchev–Trinajstić information content (AvgIpc) is 3.17. The Morgan fingerprint density at radius 1 is 1.42 bits per heavy atom. The lowest BCUT2D eigenvalue weighted by molar-refractivity contribution is 0.0695. The minimum absolute atomic E-state index is 0.341. The molecule has 4 heteroatoms. The van der Waals surface area contributed by atoms with E-state index < -0.39 is 5.97 Å². The second kappa shape index (κ2) is 4.53. The van der Waals surface area contributed by atoms with Crippen molar-refractivity contribution in [1.29, 1.82) is 0 Å². The maximum absolute atomic E-state index is 11.3. The van der Waals surface area contributed by atoms with E-state index in [0.717, 1.165) is 30.6 Å². The van der Waals surface area contributed by atoms with Crippen molar-refractivity contribution in [1.82, 2.24) is 9.78 Å². The first-order valence-electron chi connectivity index (χ1n) is 6.62. The van der Waals surface area contributed by atoms with Gasteiger partial charge in [0.25, 0.3) is 0 Å². The molecule has 1 aliphatic carbocycles. The number of hydrogen-bond acceptors (Lipinski definition) is 2. The van der Waals surface area contributed by atoms with E-state index in [1.807, 2.05) is 22.9 Å². The van der Waals surface area contributed by atoms with Crippen molar-refractivity contribution in [3.05, 3.63) is 47.3 Å². The van der Waals surface area contributed by atoms with Crippen LogP contribution in [0.2, 0.25) is 0 Å². The summed E-state index contributed by atoms with van der Waals surface area (Å²) < 4.78 is 1.82. The fourth-order valence-corrected chi connectivity index (χ4v) is 2.48. The van der Waals surface area contributed by atoms with Crippen molar-refractivity contribution in [2.45, 2.75) is 32.1 Å². The lowest BCUT2D eigenvalue weighted by Gasteiger charge is -2.11. The molecule has 0 aliphatic heterocycles. The van der Waals surface area contributed by atoms with E-state index in [1.165, 1.54) is 11.8 Å². The van der Waals surface area contributed by atoms with E-state index in [0.29, 0.717) is 11.5 Å². The zero-order valence-electron chi connectivity index (χ0n) is 10.8. The zero-order valence-corrected chi connectivity index (χ0v) is 10.8. The largest absolute Gasteiger partial charge is 0.478 e. The Labute approximate surface area is 111 Å². The second-order valence-corrected chi connectivity index (χ2v) is 4.92. The van der Waals surface area contributed by atoms with E-state index >= 15 is 0 Å². The summed E-state index contributed by atoms with van der Waals surface area (Å²) in [5.74, 6) is -0.541. The molecular formula is C15H16N2O2. The summed E-state index contributed by atoms with van der Waals surface area (Å²) in [4.78, 5) is 11.3. The molecule has 3 rings (SSSR count). The third-order valence-electron chi connectivity index (χ3n) is 3.60. The van der Waals surface area contributed by atoms with Crippen LogP contribution in [-0.4, -0.2) is 20.9 Å². The van der Waals surface area contributed by atoms with Gasteiger partial charge in [-0.1, -0.05) is 25.1 Å². The summed E-state index contributed by atoms with van der Waals surface area (Å²) in [5, 5.41) is 13.6. The number of benzene rings is 1. The van der Waals surface area contributed by atoms with Crippen molar-refractivity contribution in [3.8, 4) is 5.69 Å². The highest BCUT2D eigenvalue weighted by Gasteiger charge is 2.33. The highest BCUT2D eigenvalue weighted by Crippen LogP contribution is 2.42. The summed E-state index contributed by atoms with van der Waals surface area (Å²) in [6.07, 6.45) is 4.49.